The Morgan fingerprint density at radius 1 is 0.711 bits per heavy atom. The molecule has 0 radical (unpaired) electrons. The van der Waals surface area contributed by atoms with E-state index in [0.29, 0.717) is 11.5 Å². The lowest BCUT2D eigenvalue weighted by Gasteiger charge is -2.35. The molecule has 0 bridgehead atoms. The summed E-state index contributed by atoms with van der Waals surface area (Å²) < 4.78 is 0. The molecule has 1 aromatic heterocycles. The molecule has 208 valence electrons. The summed E-state index contributed by atoms with van der Waals surface area (Å²) in [7, 11) is 0. The minimum absolute atomic E-state index is 0.0299. The molecule has 9 heteroatoms. The van der Waals surface area contributed by atoms with Gasteiger partial charge in [0.15, 0.2) is 0 Å². The lowest BCUT2D eigenvalue weighted by molar-refractivity contribution is -0.128. The van der Waals surface area contributed by atoms with E-state index in [1.807, 2.05) is 0 Å². The lowest BCUT2D eigenvalue weighted by Crippen LogP contribution is -2.34. The number of rotatable bonds is 19. The molecule has 1 N–H and O–H groups in total. The van der Waals surface area contributed by atoms with Gasteiger partial charge in [0.1, 0.15) is 40.5 Å². The molecule has 9 nitrogen and oxygen atoms in total. The van der Waals surface area contributed by atoms with Crippen molar-refractivity contribution in [1.82, 2.24) is 9.97 Å². The molecule has 38 heavy (non-hydrogen) atoms. The Labute approximate surface area is 224 Å². The Hall–Kier alpha value is -2.94. The van der Waals surface area contributed by atoms with E-state index < -0.39 is 5.41 Å². The van der Waals surface area contributed by atoms with Gasteiger partial charge in [-0.05, 0) is 25.8 Å². The first-order chi connectivity index (χ1) is 18.1. The Morgan fingerprint density at radius 2 is 1.16 bits per heavy atom. The largest absolute Gasteiger partial charge is 0.390 e. The van der Waals surface area contributed by atoms with Crippen molar-refractivity contribution < 1.29 is 33.9 Å². The maximum absolute atomic E-state index is 12.8. The van der Waals surface area contributed by atoms with Crippen LogP contribution in [0.3, 0.4) is 0 Å². The SMILES string of the molecule is CC(=O)CCC(=O)CCC(=O)CCC(=O)CCC(=O)CCC(=O)CC1(c2nccc(CO)n2)CCCCC1. The van der Waals surface area contributed by atoms with Crippen molar-refractivity contribution in [2.75, 3.05) is 0 Å². The van der Waals surface area contributed by atoms with Crippen molar-refractivity contribution in [2.45, 2.75) is 122 Å². The summed E-state index contributed by atoms with van der Waals surface area (Å²) in [5.74, 6) is -0.191. The second kappa shape index (κ2) is 16.1. The highest BCUT2D eigenvalue weighted by atomic mass is 16.3. The first-order valence-corrected chi connectivity index (χ1v) is 13.6. The maximum Gasteiger partial charge on any atom is 0.135 e. The van der Waals surface area contributed by atoms with Crippen molar-refractivity contribution >= 4 is 34.7 Å². The van der Waals surface area contributed by atoms with Gasteiger partial charge in [-0.25, -0.2) is 9.97 Å². The van der Waals surface area contributed by atoms with Gasteiger partial charge in [0.25, 0.3) is 0 Å². The minimum atomic E-state index is -0.468. The Bertz CT molecular complexity index is 1010. The molecule has 1 heterocycles. The fourth-order valence-corrected chi connectivity index (χ4v) is 4.84. The van der Waals surface area contributed by atoms with Crippen molar-refractivity contribution in [2.24, 2.45) is 0 Å². The van der Waals surface area contributed by atoms with Gasteiger partial charge in [-0.2, -0.15) is 0 Å². The van der Waals surface area contributed by atoms with Gasteiger partial charge in [-0.1, -0.05) is 19.3 Å². The predicted molar refractivity (Wildman–Crippen MR) is 139 cm³/mol. The van der Waals surface area contributed by atoms with Crippen LogP contribution in [0.25, 0.3) is 0 Å². The molecule has 0 unspecified atom stereocenters. The molecular weight excluding hydrogens is 488 g/mol. The van der Waals surface area contributed by atoms with E-state index in [1.165, 1.54) is 6.92 Å². The van der Waals surface area contributed by atoms with E-state index in [-0.39, 0.29) is 112 Å². The fraction of sp³-hybridized carbons (Fsp3) is 0.655. The smallest absolute Gasteiger partial charge is 0.135 e. The third kappa shape index (κ3) is 11.2. The average molecular weight is 529 g/mol. The zero-order valence-electron chi connectivity index (χ0n) is 22.5. The number of hydrogen-bond acceptors (Lipinski definition) is 9. The summed E-state index contributed by atoms with van der Waals surface area (Å²) in [6.45, 7) is 1.22. The number of Topliss-reactive ketones (excluding diaryl/α,β-unsaturated/α-hetero) is 6. The molecule has 0 spiro atoms. The molecule has 1 aromatic rings. The van der Waals surface area contributed by atoms with Gasteiger partial charge in [-0.15, -0.1) is 0 Å². The van der Waals surface area contributed by atoms with Crippen molar-refractivity contribution in [1.29, 1.82) is 0 Å². The third-order valence-corrected chi connectivity index (χ3v) is 7.18. The summed E-state index contributed by atoms with van der Waals surface area (Å²) in [6.07, 6.45) is 7.24. The van der Waals surface area contributed by atoms with Gasteiger partial charge >= 0.3 is 0 Å². The van der Waals surface area contributed by atoms with E-state index in [4.69, 9.17) is 0 Å². The zero-order chi connectivity index (χ0) is 28.0. The van der Waals surface area contributed by atoms with E-state index in [0.717, 1.165) is 32.1 Å². The second-order valence-corrected chi connectivity index (χ2v) is 10.4. The Balaban J connectivity index is 1.71. The molecule has 0 saturated heterocycles. The van der Waals surface area contributed by atoms with Gasteiger partial charge in [0.2, 0.25) is 0 Å². The van der Waals surface area contributed by atoms with Crippen LogP contribution < -0.4 is 0 Å². The van der Waals surface area contributed by atoms with E-state index >= 15 is 0 Å². The summed E-state index contributed by atoms with van der Waals surface area (Å²) in [5, 5.41) is 9.44. The lowest BCUT2D eigenvalue weighted by atomic mass is 9.70. The van der Waals surface area contributed by atoms with Crippen LogP contribution in [-0.2, 0) is 40.8 Å². The average Bonchev–Trinajstić information content (AvgIpc) is 2.92. The fourth-order valence-electron chi connectivity index (χ4n) is 4.84. The number of nitrogens with zero attached hydrogens (tertiary/aromatic N) is 2. The highest BCUT2D eigenvalue weighted by molar-refractivity contribution is 5.92. The van der Waals surface area contributed by atoms with Crippen molar-refractivity contribution in [3.63, 3.8) is 0 Å². The molecule has 1 fully saturated rings. The topological polar surface area (TPSA) is 148 Å². The standard InChI is InChI=1S/C29H40N2O7/c1-21(33)5-6-23(34)7-8-24(35)9-10-25(36)11-12-26(37)13-14-27(38)19-29(16-3-2-4-17-29)28-30-18-15-22(20-32)31-28/h15,18,32H,2-14,16-17,19-20H2,1H3. The van der Waals surface area contributed by atoms with Crippen LogP contribution in [-0.4, -0.2) is 49.8 Å². The van der Waals surface area contributed by atoms with Gasteiger partial charge in [-0.3, -0.25) is 24.0 Å². The van der Waals surface area contributed by atoms with E-state index in [9.17, 15) is 33.9 Å². The predicted octanol–water partition coefficient (Wildman–Crippen LogP) is 3.90. The Morgan fingerprint density at radius 3 is 1.61 bits per heavy atom. The molecule has 0 amide bonds. The van der Waals surface area contributed by atoms with Crippen molar-refractivity contribution in [3.05, 3.63) is 23.8 Å². The highest BCUT2D eigenvalue weighted by Crippen LogP contribution is 2.41. The first-order valence-electron chi connectivity index (χ1n) is 13.6. The molecule has 2 rings (SSSR count). The molecule has 0 atom stereocenters. The van der Waals surface area contributed by atoms with Crippen LogP contribution in [0, 0.1) is 0 Å². The van der Waals surface area contributed by atoms with Gasteiger partial charge in [0, 0.05) is 82.2 Å². The molecule has 0 aliphatic heterocycles. The number of carbonyl (C=O) groups is 6. The molecular formula is C29H40N2O7. The number of ketones is 6. The quantitative estimate of drug-likeness (QED) is 0.282. The summed E-state index contributed by atoms with van der Waals surface area (Å²) in [6, 6.07) is 1.65. The molecule has 1 aliphatic carbocycles. The van der Waals surface area contributed by atoms with Crippen LogP contribution in [0.5, 0.6) is 0 Å². The van der Waals surface area contributed by atoms with Crippen LogP contribution in [0.4, 0.5) is 0 Å². The monoisotopic (exact) mass is 528 g/mol. The van der Waals surface area contributed by atoms with E-state index in [2.05, 4.69) is 9.97 Å². The van der Waals surface area contributed by atoms with Crippen LogP contribution in [0.1, 0.15) is 121 Å². The molecule has 0 aromatic carbocycles. The summed E-state index contributed by atoms with van der Waals surface area (Å²) in [4.78, 5) is 80.7. The molecule has 1 saturated carbocycles. The van der Waals surface area contributed by atoms with Gasteiger partial charge in [0.05, 0.1) is 12.3 Å². The summed E-state index contributed by atoms with van der Waals surface area (Å²) in [5.41, 5.74) is 0.0523. The van der Waals surface area contributed by atoms with Crippen LogP contribution in [0.15, 0.2) is 12.3 Å². The van der Waals surface area contributed by atoms with E-state index in [1.54, 1.807) is 12.3 Å². The van der Waals surface area contributed by atoms with Gasteiger partial charge < -0.3 is 9.90 Å². The number of aromatic nitrogens is 2. The normalized spacial score (nSPS) is 14.6. The van der Waals surface area contributed by atoms with Crippen LogP contribution >= 0.6 is 0 Å². The third-order valence-electron chi connectivity index (χ3n) is 7.18. The number of aliphatic hydroxyl groups excluding tert-OH is 1. The zero-order valence-corrected chi connectivity index (χ0v) is 22.5. The first kappa shape index (κ1) is 31.3. The maximum atomic E-state index is 12.8. The number of aliphatic hydroxyl groups is 1. The number of carbonyl (C=O) groups excluding carboxylic acids is 6. The minimum Gasteiger partial charge on any atom is -0.390 e. The van der Waals surface area contributed by atoms with Crippen LogP contribution in [0.2, 0.25) is 0 Å². The highest BCUT2D eigenvalue weighted by Gasteiger charge is 2.38. The Kier molecular flexibility index (Phi) is 13.3. The molecule has 1 aliphatic rings. The summed E-state index contributed by atoms with van der Waals surface area (Å²) >= 11 is 0. The second-order valence-electron chi connectivity index (χ2n) is 10.4. The van der Waals surface area contributed by atoms with Crippen molar-refractivity contribution in [3.8, 4) is 0 Å². The number of hydrogen-bond donors (Lipinski definition) is 1.